The van der Waals surface area contributed by atoms with Crippen LogP contribution in [0.15, 0.2) is 97.1 Å². The van der Waals surface area contributed by atoms with E-state index in [4.69, 9.17) is 18.9 Å². The lowest BCUT2D eigenvalue weighted by Crippen LogP contribution is -2.73. The van der Waals surface area contributed by atoms with Crippen LogP contribution in [0.1, 0.15) is 197 Å². The maximum atomic E-state index is 12.8. The molecule has 4 saturated carbocycles. The molecule has 0 unspecified atom stereocenters. The fourth-order valence-electron chi connectivity index (χ4n) is 16.2. The zero-order valence-electron chi connectivity index (χ0n) is 43.4. The highest BCUT2D eigenvalue weighted by Gasteiger charge is 2.67. The highest BCUT2D eigenvalue weighted by atomic mass is 16.7. The first-order chi connectivity index (χ1) is 34.2. The van der Waals surface area contributed by atoms with Crippen LogP contribution >= 0.6 is 0 Å². The Labute approximate surface area is 424 Å². The zero-order valence-corrected chi connectivity index (χ0v) is 43.4. The second-order valence-corrected chi connectivity index (χ2v) is 25.4. The topological polar surface area (TPSA) is 83.9 Å². The highest BCUT2D eigenvalue weighted by Crippen LogP contribution is 2.61. The van der Waals surface area contributed by atoms with Gasteiger partial charge >= 0.3 is 0 Å². The summed E-state index contributed by atoms with van der Waals surface area (Å²) < 4.78 is 29.3. The van der Waals surface area contributed by atoms with Gasteiger partial charge in [0.05, 0.1) is 54.0 Å². The molecule has 4 heterocycles. The number of hydrogen-bond acceptors (Lipinski definition) is 8. The van der Waals surface area contributed by atoms with Crippen LogP contribution in [-0.2, 0) is 18.9 Å². The Morgan fingerprint density at radius 3 is 0.732 bits per heavy atom. The van der Waals surface area contributed by atoms with Crippen LogP contribution in [0.5, 0.6) is 0 Å². The molecule has 4 aromatic rings. The van der Waals surface area contributed by atoms with Gasteiger partial charge in [-0.1, -0.05) is 119 Å². The van der Waals surface area contributed by atoms with E-state index in [1.807, 2.05) is 10.1 Å². The standard InChI is InChI=1S/C63H82N2O6/c1-45-5-13-49(14-6-45)53-21-29-58(30-22-53)37-62(38-59(64(58)66)31-23-54(24-32-59)50-15-7-46(2)8-16-50)68-41-57(42-69-62)43-70-63(71-44-57)39-60(33-25-55(26-34-60)51-17-9-47(3)10-18-51)65(67)61(40-63)35-27-56(28-36-61)52-19-11-48(4)12-20-52/h5-20,53-56,66-67H,21-44H2,1-4H3. The van der Waals surface area contributed by atoms with Gasteiger partial charge in [0, 0.05) is 25.7 Å². The Bertz CT molecular complexity index is 2120. The number of hydrogen-bond donors (Lipinski definition) is 2. The van der Waals surface area contributed by atoms with Gasteiger partial charge in [-0.2, -0.15) is 10.1 Å². The summed E-state index contributed by atoms with van der Waals surface area (Å²) in [7, 11) is 0. The first-order valence-electron chi connectivity index (χ1n) is 28.0. The maximum Gasteiger partial charge on any atom is 0.172 e. The summed E-state index contributed by atoms with van der Waals surface area (Å²) in [6, 6.07) is 36.5. The van der Waals surface area contributed by atoms with Crippen molar-refractivity contribution in [3.05, 3.63) is 142 Å². The molecule has 2 N–H and O–H groups in total. The predicted molar refractivity (Wildman–Crippen MR) is 278 cm³/mol. The van der Waals surface area contributed by atoms with Gasteiger partial charge in [0.2, 0.25) is 0 Å². The van der Waals surface area contributed by atoms with Gasteiger partial charge in [0.15, 0.2) is 11.6 Å². The van der Waals surface area contributed by atoms with Crippen molar-refractivity contribution in [1.29, 1.82) is 0 Å². The quantitative estimate of drug-likeness (QED) is 0.209. The minimum Gasteiger partial charge on any atom is -0.349 e. The summed E-state index contributed by atoms with van der Waals surface area (Å²) in [4.78, 5) is 0. The average molecular weight is 963 g/mol. The first-order valence-corrected chi connectivity index (χ1v) is 28.0. The Morgan fingerprint density at radius 2 is 0.535 bits per heavy atom. The van der Waals surface area contributed by atoms with E-state index in [-0.39, 0.29) is 0 Å². The van der Waals surface area contributed by atoms with Crippen LogP contribution in [0.2, 0.25) is 0 Å². The summed E-state index contributed by atoms with van der Waals surface area (Å²) in [5.74, 6) is 0.393. The largest absolute Gasteiger partial charge is 0.349 e. The van der Waals surface area contributed by atoms with Crippen LogP contribution in [-0.4, -0.2) is 80.7 Å². The molecule has 0 atom stereocenters. The smallest absolute Gasteiger partial charge is 0.172 e. The molecule has 4 saturated heterocycles. The minimum atomic E-state index is -0.782. The van der Waals surface area contributed by atoms with E-state index in [0.29, 0.717) is 75.8 Å². The van der Waals surface area contributed by atoms with Crippen molar-refractivity contribution in [3.8, 4) is 0 Å². The molecule has 4 aliphatic heterocycles. The lowest BCUT2D eigenvalue weighted by Gasteiger charge is -2.65. The summed E-state index contributed by atoms with van der Waals surface area (Å²) in [6.45, 7) is 10.7. The number of piperidine rings is 2. The number of benzene rings is 4. The van der Waals surface area contributed by atoms with Crippen molar-refractivity contribution in [2.75, 3.05) is 26.4 Å². The summed E-state index contributed by atoms with van der Waals surface area (Å²) >= 11 is 0. The van der Waals surface area contributed by atoms with Gasteiger partial charge in [-0.05, 0) is 176 Å². The molecule has 4 aliphatic carbocycles. The van der Waals surface area contributed by atoms with Crippen molar-refractivity contribution in [2.24, 2.45) is 5.41 Å². The van der Waals surface area contributed by atoms with E-state index in [0.717, 1.165) is 103 Å². The van der Waals surface area contributed by atoms with Gasteiger partial charge in [-0.15, -0.1) is 0 Å². The normalized spacial score (nSPS) is 40.1. The molecule has 8 aliphatic rings. The molecule has 0 bridgehead atoms. The van der Waals surface area contributed by atoms with E-state index in [2.05, 4.69) is 125 Å². The number of nitrogens with zero attached hydrogens (tertiary/aromatic N) is 2. The third kappa shape index (κ3) is 8.90. The summed E-state index contributed by atoms with van der Waals surface area (Å²) in [5, 5.41) is 29.4. The van der Waals surface area contributed by atoms with Gasteiger partial charge in [0.1, 0.15) is 0 Å². The van der Waals surface area contributed by atoms with E-state index in [1.54, 1.807) is 0 Å². The van der Waals surface area contributed by atoms with Crippen LogP contribution < -0.4 is 0 Å². The van der Waals surface area contributed by atoms with Gasteiger partial charge < -0.3 is 29.4 Å². The summed E-state index contributed by atoms with van der Waals surface area (Å²) in [6.07, 6.45) is 18.4. The van der Waals surface area contributed by atoms with Crippen LogP contribution in [0, 0.1) is 33.1 Å². The molecule has 8 nitrogen and oxygen atoms in total. The van der Waals surface area contributed by atoms with Crippen molar-refractivity contribution in [3.63, 3.8) is 0 Å². The van der Waals surface area contributed by atoms with E-state index in [9.17, 15) is 10.4 Å². The van der Waals surface area contributed by atoms with Crippen molar-refractivity contribution in [2.45, 2.75) is 214 Å². The van der Waals surface area contributed by atoms with Gasteiger partial charge in [-0.3, -0.25) is 0 Å². The van der Waals surface area contributed by atoms with Crippen molar-refractivity contribution in [1.82, 2.24) is 10.1 Å². The van der Waals surface area contributed by atoms with E-state index < -0.39 is 39.1 Å². The number of rotatable bonds is 4. The lowest BCUT2D eigenvalue weighted by atomic mass is 9.61. The first kappa shape index (κ1) is 48.5. The molecule has 0 radical (unpaired) electrons. The van der Waals surface area contributed by atoms with Gasteiger partial charge in [0.25, 0.3) is 0 Å². The molecule has 7 spiro atoms. The number of hydroxylamine groups is 4. The number of aryl methyl sites for hydroxylation is 4. The molecule has 0 amide bonds. The van der Waals surface area contributed by atoms with Crippen LogP contribution in [0.25, 0.3) is 0 Å². The Balaban J connectivity index is 0.775. The Hall–Kier alpha value is -3.44. The minimum absolute atomic E-state index is 0.415. The van der Waals surface area contributed by atoms with E-state index in [1.165, 1.54) is 44.5 Å². The van der Waals surface area contributed by atoms with E-state index >= 15 is 0 Å². The predicted octanol–water partition coefficient (Wildman–Crippen LogP) is 14.0. The second-order valence-electron chi connectivity index (χ2n) is 25.4. The lowest BCUT2D eigenvalue weighted by molar-refractivity contribution is -0.424. The molecule has 12 rings (SSSR count). The number of ether oxygens (including phenoxy) is 4. The fraction of sp³-hybridized carbons (Fsp3) is 0.619. The Kier molecular flexibility index (Phi) is 12.6. The second kappa shape index (κ2) is 18.4. The molecule has 0 aromatic heterocycles. The molecule has 8 fully saturated rings. The molecule has 8 heteroatoms. The third-order valence-electron chi connectivity index (χ3n) is 20.6. The highest BCUT2D eigenvalue weighted by molar-refractivity contribution is 5.30. The van der Waals surface area contributed by atoms with Gasteiger partial charge in [-0.25, -0.2) is 0 Å². The van der Waals surface area contributed by atoms with Crippen LogP contribution in [0.3, 0.4) is 0 Å². The molecule has 71 heavy (non-hydrogen) atoms. The van der Waals surface area contributed by atoms with Crippen molar-refractivity contribution >= 4 is 0 Å². The summed E-state index contributed by atoms with van der Waals surface area (Å²) in [5.41, 5.74) is 8.77. The molecule has 4 aromatic carbocycles. The van der Waals surface area contributed by atoms with Crippen molar-refractivity contribution < 1.29 is 29.4 Å². The maximum absolute atomic E-state index is 12.8. The average Bonchev–Trinajstić information content (AvgIpc) is 3.39. The monoisotopic (exact) mass is 963 g/mol. The fourth-order valence-corrected chi connectivity index (χ4v) is 16.2. The third-order valence-corrected chi connectivity index (χ3v) is 20.6. The molecular weight excluding hydrogens is 881 g/mol. The zero-order chi connectivity index (χ0) is 48.7. The Morgan fingerprint density at radius 1 is 0.338 bits per heavy atom. The molecule has 380 valence electrons. The SMILES string of the molecule is Cc1ccc(C2CCC3(CC2)CC2(CC4(CCC(c5ccc(C)cc5)CC4)N3O)OCC3(CO2)COC2(CC4(CCC(c5ccc(C)cc5)CC4)N(O)C4(CCC(c5ccc(C)cc5)CC4)C2)OC3)cc1. The van der Waals surface area contributed by atoms with Crippen LogP contribution in [0.4, 0.5) is 0 Å². The molecular formula is C63H82N2O6.